The number of fused-ring (bicyclic) bond motifs is 1. The van der Waals surface area contributed by atoms with Crippen molar-refractivity contribution in [2.45, 2.75) is 26.3 Å². The van der Waals surface area contributed by atoms with E-state index < -0.39 is 0 Å². The summed E-state index contributed by atoms with van der Waals surface area (Å²) in [6.07, 6.45) is 3.37. The van der Waals surface area contributed by atoms with Crippen LogP contribution in [0, 0.1) is 0 Å². The van der Waals surface area contributed by atoms with Gasteiger partial charge in [0.2, 0.25) is 5.75 Å². The molecule has 0 bridgehead atoms. The fourth-order valence-electron chi connectivity index (χ4n) is 3.72. The third-order valence-corrected chi connectivity index (χ3v) is 5.35. The molecule has 0 N–H and O–H groups in total. The van der Waals surface area contributed by atoms with Crippen molar-refractivity contribution >= 4 is 11.0 Å². The van der Waals surface area contributed by atoms with Crippen molar-refractivity contribution in [3.8, 4) is 34.3 Å². The molecule has 0 saturated heterocycles. The Morgan fingerprint density at radius 2 is 1.66 bits per heavy atom. The van der Waals surface area contributed by atoms with Gasteiger partial charge in [-0.3, -0.25) is 9.36 Å². The summed E-state index contributed by atoms with van der Waals surface area (Å²) in [6.45, 7) is 2.63. The molecule has 166 valence electrons. The van der Waals surface area contributed by atoms with Gasteiger partial charge in [-0.25, -0.2) is 9.67 Å². The van der Waals surface area contributed by atoms with Crippen molar-refractivity contribution in [3.05, 3.63) is 59.0 Å². The third-order valence-electron chi connectivity index (χ3n) is 5.35. The smallest absolute Gasteiger partial charge is 0.264 e. The van der Waals surface area contributed by atoms with Gasteiger partial charge in [-0.1, -0.05) is 31.5 Å². The number of para-hydroxylation sites is 1. The first-order valence-corrected chi connectivity index (χ1v) is 10.5. The highest BCUT2D eigenvalue weighted by atomic mass is 16.5. The van der Waals surface area contributed by atoms with Gasteiger partial charge in [-0.2, -0.15) is 5.10 Å². The van der Waals surface area contributed by atoms with E-state index in [1.54, 1.807) is 48.9 Å². The van der Waals surface area contributed by atoms with Gasteiger partial charge in [0.05, 0.1) is 33.2 Å². The number of benzene rings is 2. The molecule has 2 heterocycles. The number of unbranched alkanes of at least 4 members (excludes halogenated alkanes) is 1. The molecule has 2 aromatic carbocycles. The van der Waals surface area contributed by atoms with Crippen LogP contribution in [-0.4, -0.2) is 40.7 Å². The maximum Gasteiger partial charge on any atom is 0.264 e. The molecule has 0 fully saturated rings. The molecule has 0 saturated carbocycles. The number of hydrogen-bond donors (Lipinski definition) is 0. The molecule has 4 aromatic rings. The minimum absolute atomic E-state index is 0.130. The summed E-state index contributed by atoms with van der Waals surface area (Å²) in [7, 11) is 4.68. The van der Waals surface area contributed by atoms with Crippen LogP contribution in [0.2, 0.25) is 0 Å². The van der Waals surface area contributed by atoms with E-state index in [9.17, 15) is 4.79 Å². The Labute approximate surface area is 186 Å². The van der Waals surface area contributed by atoms with E-state index in [-0.39, 0.29) is 5.56 Å². The van der Waals surface area contributed by atoms with Crippen molar-refractivity contribution in [3.63, 3.8) is 0 Å². The number of hydrogen-bond acceptors (Lipinski definition) is 6. The predicted octanol–water partition coefficient (Wildman–Crippen LogP) is 4.08. The van der Waals surface area contributed by atoms with Crippen LogP contribution in [0.15, 0.2) is 53.5 Å². The Kier molecular flexibility index (Phi) is 6.11. The molecule has 0 aliphatic rings. The lowest BCUT2D eigenvalue weighted by molar-refractivity contribution is 0.324. The van der Waals surface area contributed by atoms with E-state index in [1.807, 2.05) is 30.3 Å². The Balaban J connectivity index is 2.02. The molecule has 0 amide bonds. The minimum Gasteiger partial charge on any atom is -0.493 e. The first-order valence-electron chi connectivity index (χ1n) is 10.5. The number of nitrogens with zero attached hydrogens (tertiary/aromatic N) is 4. The van der Waals surface area contributed by atoms with E-state index in [2.05, 4.69) is 12.0 Å². The lowest BCUT2D eigenvalue weighted by Crippen LogP contribution is -2.23. The van der Waals surface area contributed by atoms with E-state index in [0.717, 1.165) is 18.5 Å². The van der Waals surface area contributed by atoms with Gasteiger partial charge in [0, 0.05) is 12.1 Å². The van der Waals surface area contributed by atoms with Crippen LogP contribution in [-0.2, 0) is 6.54 Å². The maximum absolute atomic E-state index is 13.5. The first-order chi connectivity index (χ1) is 15.6. The Morgan fingerprint density at radius 3 is 2.25 bits per heavy atom. The average molecular weight is 434 g/mol. The van der Waals surface area contributed by atoms with Crippen LogP contribution in [0.3, 0.4) is 0 Å². The van der Waals surface area contributed by atoms with Crippen molar-refractivity contribution in [2.75, 3.05) is 21.3 Å². The molecule has 0 aliphatic heterocycles. The summed E-state index contributed by atoms with van der Waals surface area (Å²) in [4.78, 5) is 18.4. The van der Waals surface area contributed by atoms with Crippen LogP contribution < -0.4 is 19.8 Å². The number of aromatic nitrogens is 4. The zero-order valence-electron chi connectivity index (χ0n) is 18.7. The minimum atomic E-state index is -0.130. The molecule has 8 heteroatoms. The molecule has 2 aromatic heterocycles. The van der Waals surface area contributed by atoms with Crippen molar-refractivity contribution in [1.82, 2.24) is 19.3 Å². The SMILES string of the molecule is CCCCn1c(-c2cc(OC)c(OC)c(OC)c2)nc2c(cnn2-c2ccccc2)c1=O. The number of methoxy groups -OCH3 is 3. The summed E-state index contributed by atoms with van der Waals surface area (Å²) in [5.74, 6) is 1.99. The zero-order chi connectivity index (χ0) is 22.7. The summed E-state index contributed by atoms with van der Waals surface area (Å²) in [5.41, 5.74) is 1.89. The van der Waals surface area contributed by atoms with Gasteiger partial charge >= 0.3 is 0 Å². The molecule has 0 radical (unpaired) electrons. The number of ether oxygens (including phenoxy) is 3. The highest BCUT2D eigenvalue weighted by Crippen LogP contribution is 2.41. The second kappa shape index (κ2) is 9.13. The summed E-state index contributed by atoms with van der Waals surface area (Å²) >= 11 is 0. The van der Waals surface area contributed by atoms with Gasteiger partial charge < -0.3 is 14.2 Å². The normalized spacial score (nSPS) is 11.0. The number of rotatable bonds is 8. The lowest BCUT2D eigenvalue weighted by Gasteiger charge is -2.17. The van der Waals surface area contributed by atoms with Crippen LogP contribution >= 0.6 is 0 Å². The van der Waals surface area contributed by atoms with Crippen LogP contribution in [0.25, 0.3) is 28.1 Å². The van der Waals surface area contributed by atoms with E-state index in [4.69, 9.17) is 19.2 Å². The van der Waals surface area contributed by atoms with E-state index >= 15 is 0 Å². The predicted molar refractivity (Wildman–Crippen MR) is 123 cm³/mol. The lowest BCUT2D eigenvalue weighted by atomic mass is 10.1. The van der Waals surface area contributed by atoms with Crippen LogP contribution in [0.5, 0.6) is 17.2 Å². The maximum atomic E-state index is 13.5. The zero-order valence-corrected chi connectivity index (χ0v) is 18.7. The highest BCUT2D eigenvalue weighted by molar-refractivity contribution is 5.78. The molecule has 0 aliphatic carbocycles. The monoisotopic (exact) mass is 434 g/mol. The van der Waals surface area contributed by atoms with Gasteiger partial charge in [-0.15, -0.1) is 0 Å². The fourth-order valence-corrected chi connectivity index (χ4v) is 3.72. The second-order valence-corrected chi connectivity index (χ2v) is 7.29. The molecule has 0 atom stereocenters. The second-order valence-electron chi connectivity index (χ2n) is 7.29. The molecule has 0 unspecified atom stereocenters. The van der Waals surface area contributed by atoms with Crippen molar-refractivity contribution < 1.29 is 14.2 Å². The molecular weight excluding hydrogens is 408 g/mol. The van der Waals surface area contributed by atoms with Gasteiger partial charge in [-0.05, 0) is 30.7 Å². The summed E-state index contributed by atoms with van der Waals surface area (Å²) in [6, 6.07) is 13.2. The van der Waals surface area contributed by atoms with Crippen molar-refractivity contribution in [2.24, 2.45) is 0 Å². The highest BCUT2D eigenvalue weighted by Gasteiger charge is 2.20. The third kappa shape index (κ3) is 3.68. The van der Waals surface area contributed by atoms with Crippen molar-refractivity contribution in [1.29, 1.82) is 0 Å². The fraction of sp³-hybridized carbons (Fsp3) is 0.292. The Hall–Kier alpha value is -3.81. The van der Waals surface area contributed by atoms with E-state index in [0.29, 0.717) is 46.2 Å². The first kappa shape index (κ1) is 21.4. The van der Waals surface area contributed by atoms with E-state index in [1.165, 1.54) is 0 Å². The molecule has 0 spiro atoms. The molecule has 4 rings (SSSR count). The van der Waals surface area contributed by atoms with Gasteiger partial charge in [0.15, 0.2) is 17.1 Å². The Bertz CT molecular complexity index is 1270. The van der Waals surface area contributed by atoms with Crippen LogP contribution in [0.4, 0.5) is 0 Å². The Morgan fingerprint density at radius 1 is 0.969 bits per heavy atom. The summed E-state index contributed by atoms with van der Waals surface area (Å²) < 4.78 is 19.9. The molecular formula is C24H26N4O4. The summed E-state index contributed by atoms with van der Waals surface area (Å²) in [5, 5.41) is 4.92. The largest absolute Gasteiger partial charge is 0.493 e. The molecule has 32 heavy (non-hydrogen) atoms. The van der Waals surface area contributed by atoms with Gasteiger partial charge in [0.25, 0.3) is 5.56 Å². The average Bonchev–Trinajstić information content (AvgIpc) is 3.27. The van der Waals surface area contributed by atoms with Gasteiger partial charge in [0.1, 0.15) is 11.2 Å². The standard InChI is InChI=1S/C24H26N4O4/c1-5-6-12-27-22(16-13-19(30-2)21(32-4)20(14-16)31-3)26-23-18(24(27)29)15-25-28(23)17-10-8-7-9-11-17/h7-11,13-15H,5-6,12H2,1-4H3. The topological polar surface area (TPSA) is 80.4 Å². The molecule has 8 nitrogen and oxygen atoms in total. The quantitative estimate of drug-likeness (QED) is 0.416. The van der Waals surface area contributed by atoms with Crippen LogP contribution in [0.1, 0.15) is 19.8 Å².